The Hall–Kier alpha value is -3.17. The fraction of sp³-hybridized carbons (Fsp3) is 0.333. The lowest BCUT2D eigenvalue weighted by Gasteiger charge is -2.17. The topological polar surface area (TPSA) is 102 Å². The Morgan fingerprint density at radius 1 is 1.15 bits per heavy atom. The minimum atomic E-state index is -4.01. The molecule has 33 heavy (non-hydrogen) atoms. The Morgan fingerprint density at radius 3 is 2.45 bits per heavy atom. The van der Waals surface area contributed by atoms with Crippen LogP contribution in [-0.4, -0.2) is 50.9 Å². The highest BCUT2D eigenvalue weighted by atomic mass is 32.2. The molecule has 2 heterocycles. The fourth-order valence-corrected chi connectivity index (χ4v) is 5.81. The first-order valence-electron chi connectivity index (χ1n) is 10.7. The third kappa shape index (κ3) is 4.65. The van der Waals surface area contributed by atoms with Gasteiger partial charge in [0.25, 0.3) is 21.8 Å². The molecule has 2 aromatic rings. The van der Waals surface area contributed by atoms with Crippen LogP contribution in [0, 0.1) is 0 Å². The summed E-state index contributed by atoms with van der Waals surface area (Å²) < 4.78 is 37.9. The molecule has 2 aliphatic rings. The molecule has 4 rings (SSSR count). The van der Waals surface area contributed by atoms with Crippen LogP contribution in [0.2, 0.25) is 0 Å². The predicted octanol–water partition coefficient (Wildman–Crippen LogP) is 2.71. The zero-order valence-electron chi connectivity index (χ0n) is 18.5. The van der Waals surface area contributed by atoms with Crippen LogP contribution >= 0.6 is 0 Å². The molecular weight excluding hydrogens is 444 g/mol. The van der Waals surface area contributed by atoms with E-state index in [1.54, 1.807) is 48.5 Å². The van der Waals surface area contributed by atoms with Gasteiger partial charge in [-0.25, -0.2) is 12.7 Å². The molecule has 9 heteroatoms. The minimum absolute atomic E-state index is 0.000262. The summed E-state index contributed by atoms with van der Waals surface area (Å²) in [6.45, 7) is 2.58. The molecule has 0 unspecified atom stereocenters. The van der Waals surface area contributed by atoms with Crippen LogP contribution in [0.1, 0.15) is 41.3 Å². The van der Waals surface area contributed by atoms with Crippen LogP contribution in [0.15, 0.2) is 54.1 Å². The summed E-state index contributed by atoms with van der Waals surface area (Å²) in [7, 11) is -2.49. The lowest BCUT2D eigenvalue weighted by Crippen LogP contribution is -2.32. The van der Waals surface area contributed by atoms with E-state index in [9.17, 15) is 18.0 Å². The fourth-order valence-electron chi connectivity index (χ4n) is 4.00. The third-order valence-electron chi connectivity index (χ3n) is 5.84. The van der Waals surface area contributed by atoms with Crippen molar-refractivity contribution < 1.29 is 27.5 Å². The van der Waals surface area contributed by atoms with Gasteiger partial charge in [0.05, 0.1) is 19.8 Å². The van der Waals surface area contributed by atoms with E-state index in [0.29, 0.717) is 29.0 Å². The van der Waals surface area contributed by atoms with E-state index in [1.165, 1.54) is 14.0 Å². The van der Waals surface area contributed by atoms with Crippen molar-refractivity contribution in [2.75, 3.05) is 20.3 Å². The maximum atomic E-state index is 13.2. The van der Waals surface area contributed by atoms with Gasteiger partial charge >= 0.3 is 0 Å². The predicted molar refractivity (Wildman–Crippen MR) is 123 cm³/mol. The number of methoxy groups -OCH3 is 1. The molecule has 0 aliphatic carbocycles. The summed E-state index contributed by atoms with van der Waals surface area (Å²) in [5.41, 5.74) is 1.67. The SMILES string of the molecule is COc1ccc(C2=C(C)C(=O)N(Cc3ccc(C(=O)NC[C@H]4CCCO4)cc3)S2(=O)=O)cc1. The molecule has 0 aromatic heterocycles. The number of ether oxygens (including phenoxy) is 2. The molecule has 0 spiro atoms. The van der Waals surface area contributed by atoms with Gasteiger partial charge in [-0.1, -0.05) is 12.1 Å². The first kappa shape index (κ1) is 23.0. The van der Waals surface area contributed by atoms with Gasteiger partial charge in [-0.2, -0.15) is 0 Å². The summed E-state index contributed by atoms with van der Waals surface area (Å²) in [5.74, 6) is -0.184. The summed E-state index contributed by atoms with van der Waals surface area (Å²) in [4.78, 5) is 25.2. The lowest BCUT2D eigenvalue weighted by atomic mass is 10.1. The molecule has 1 fully saturated rings. The smallest absolute Gasteiger partial charge is 0.268 e. The molecule has 1 atom stereocenters. The lowest BCUT2D eigenvalue weighted by molar-refractivity contribution is -0.122. The van der Waals surface area contributed by atoms with Crippen molar-refractivity contribution >= 4 is 26.7 Å². The standard InChI is InChI=1S/C24H26N2O6S/c1-16-22(18-9-11-20(31-2)12-10-18)33(29,30)26(24(16)28)15-17-5-7-19(8-6-17)23(27)25-14-21-4-3-13-32-21/h5-12,21H,3-4,13-15H2,1-2H3,(H,25,27)/t21-/m1/s1. The molecule has 1 saturated heterocycles. The molecule has 8 nitrogen and oxygen atoms in total. The Bertz CT molecular complexity index is 1180. The largest absolute Gasteiger partial charge is 0.497 e. The third-order valence-corrected chi connectivity index (χ3v) is 7.78. The van der Waals surface area contributed by atoms with E-state index in [0.717, 1.165) is 23.8 Å². The van der Waals surface area contributed by atoms with E-state index in [1.807, 2.05) is 0 Å². The van der Waals surface area contributed by atoms with Crippen molar-refractivity contribution in [2.45, 2.75) is 32.4 Å². The Labute approximate surface area is 193 Å². The van der Waals surface area contributed by atoms with Crippen molar-refractivity contribution in [3.05, 3.63) is 70.8 Å². The van der Waals surface area contributed by atoms with E-state index in [4.69, 9.17) is 9.47 Å². The Morgan fingerprint density at radius 2 is 1.85 bits per heavy atom. The zero-order valence-corrected chi connectivity index (χ0v) is 19.4. The molecule has 174 valence electrons. The van der Waals surface area contributed by atoms with Crippen LogP contribution < -0.4 is 10.1 Å². The summed E-state index contributed by atoms with van der Waals surface area (Å²) >= 11 is 0. The van der Waals surface area contributed by atoms with Gasteiger partial charge < -0.3 is 14.8 Å². The van der Waals surface area contributed by atoms with Gasteiger partial charge in [-0.15, -0.1) is 0 Å². The van der Waals surface area contributed by atoms with Crippen molar-refractivity contribution in [1.82, 2.24) is 9.62 Å². The average Bonchev–Trinajstić information content (AvgIpc) is 3.39. The Kier molecular flexibility index (Phi) is 6.53. The van der Waals surface area contributed by atoms with Gasteiger partial charge in [-0.3, -0.25) is 9.59 Å². The van der Waals surface area contributed by atoms with Crippen LogP contribution in [0.3, 0.4) is 0 Å². The second kappa shape index (κ2) is 9.36. The molecule has 2 amide bonds. The monoisotopic (exact) mass is 470 g/mol. The number of nitrogens with zero attached hydrogens (tertiary/aromatic N) is 1. The Balaban J connectivity index is 1.46. The van der Waals surface area contributed by atoms with Gasteiger partial charge in [0, 0.05) is 24.3 Å². The van der Waals surface area contributed by atoms with E-state index in [-0.39, 0.29) is 29.0 Å². The van der Waals surface area contributed by atoms with Crippen LogP contribution in [0.4, 0.5) is 0 Å². The van der Waals surface area contributed by atoms with Gasteiger partial charge in [0.2, 0.25) is 0 Å². The molecule has 1 N–H and O–H groups in total. The van der Waals surface area contributed by atoms with Gasteiger partial charge in [0.15, 0.2) is 0 Å². The number of carbonyl (C=O) groups excluding carboxylic acids is 2. The second-order valence-corrected chi connectivity index (χ2v) is 9.84. The molecule has 2 aromatic carbocycles. The summed E-state index contributed by atoms with van der Waals surface area (Å²) in [6.07, 6.45) is 1.99. The van der Waals surface area contributed by atoms with Crippen molar-refractivity contribution in [3.8, 4) is 5.75 Å². The number of amides is 2. The normalized spacial score (nSPS) is 19.8. The number of hydrogen-bond donors (Lipinski definition) is 1. The van der Waals surface area contributed by atoms with E-state index in [2.05, 4.69) is 5.32 Å². The summed E-state index contributed by atoms with van der Waals surface area (Å²) in [5, 5.41) is 2.85. The van der Waals surface area contributed by atoms with Crippen LogP contribution in [0.25, 0.3) is 4.91 Å². The van der Waals surface area contributed by atoms with Crippen molar-refractivity contribution in [3.63, 3.8) is 0 Å². The molecule has 0 radical (unpaired) electrons. The van der Waals surface area contributed by atoms with Crippen LogP contribution in [-0.2, 0) is 26.1 Å². The highest BCUT2D eigenvalue weighted by Gasteiger charge is 2.42. The number of rotatable bonds is 7. The maximum absolute atomic E-state index is 13.2. The highest BCUT2D eigenvalue weighted by molar-refractivity contribution is 7.99. The maximum Gasteiger partial charge on any atom is 0.268 e. The van der Waals surface area contributed by atoms with Gasteiger partial charge in [-0.05, 0) is 67.3 Å². The summed E-state index contributed by atoms with van der Waals surface area (Å²) in [6, 6.07) is 13.1. The number of nitrogens with one attached hydrogen (secondary N) is 1. The molecule has 2 aliphatic heterocycles. The van der Waals surface area contributed by atoms with Crippen LogP contribution in [0.5, 0.6) is 5.75 Å². The highest BCUT2D eigenvalue weighted by Crippen LogP contribution is 2.37. The van der Waals surface area contributed by atoms with Crippen molar-refractivity contribution in [2.24, 2.45) is 0 Å². The molecule has 0 saturated carbocycles. The number of carbonyl (C=O) groups is 2. The molecular formula is C24H26N2O6S. The van der Waals surface area contributed by atoms with Gasteiger partial charge in [0.1, 0.15) is 10.7 Å². The second-order valence-electron chi connectivity index (χ2n) is 8.04. The number of benzene rings is 2. The minimum Gasteiger partial charge on any atom is -0.497 e. The zero-order chi connectivity index (χ0) is 23.6. The van der Waals surface area contributed by atoms with E-state index >= 15 is 0 Å². The quantitative estimate of drug-likeness (QED) is 0.668. The first-order chi connectivity index (χ1) is 15.8. The first-order valence-corrected chi connectivity index (χ1v) is 12.2. The van der Waals surface area contributed by atoms with E-state index < -0.39 is 15.9 Å². The number of hydrogen-bond acceptors (Lipinski definition) is 6. The molecule has 0 bridgehead atoms. The number of sulfonamides is 1. The average molecular weight is 471 g/mol. The van der Waals surface area contributed by atoms with Crippen molar-refractivity contribution in [1.29, 1.82) is 0 Å².